The standard InChI is InChI=1S/C9H27Si7/c1-11(2,3)14-10-15(14,12(4,5)6)16(10,14)13(7,8)9/h1-9H3/q-1. The van der Waals surface area contributed by atoms with Gasteiger partial charge in [-0.2, -0.15) is 18.4 Å². The Bertz CT molecular complexity index is 326. The lowest BCUT2D eigenvalue weighted by Crippen LogP contribution is -2.45. The molecule has 0 radical (unpaired) electrons. The van der Waals surface area contributed by atoms with E-state index < -0.39 is 22.8 Å². The van der Waals surface area contributed by atoms with Crippen LogP contribution in [0.5, 0.6) is 0 Å². The smallest absolute Gasteiger partial charge is 0.00575 e. The molecule has 0 N–H and O–H groups in total. The molecule has 4 rings (SSSR count). The number of rotatable bonds is 3. The Morgan fingerprint density at radius 1 is 0.500 bits per heavy atom. The zero-order valence-corrected chi connectivity index (χ0v) is 19.5. The van der Waals surface area contributed by atoms with Crippen molar-refractivity contribution in [3.8, 4) is 0 Å². The molecule has 0 unspecified atom stereocenters. The molecule has 0 nitrogen and oxygen atoms in total. The second-order valence-electron chi connectivity index (χ2n) is 9.38. The van der Waals surface area contributed by atoms with Crippen molar-refractivity contribution in [3.05, 3.63) is 0 Å². The molecular weight excluding hydrogens is 305 g/mol. The van der Waals surface area contributed by atoms with E-state index in [1.54, 1.807) is 0 Å². The highest BCUT2D eigenvalue weighted by molar-refractivity contribution is 9.03. The van der Waals surface area contributed by atoms with Crippen LogP contribution in [0.2, 0.25) is 58.9 Å². The van der Waals surface area contributed by atoms with Crippen LogP contribution in [0.15, 0.2) is 0 Å². The highest BCUT2D eigenvalue weighted by Crippen LogP contribution is 2.97. The third kappa shape index (κ3) is 0.762. The first-order chi connectivity index (χ1) is 6.87. The van der Waals surface area contributed by atoms with Crippen LogP contribution >= 0.6 is 0 Å². The predicted octanol–water partition coefficient (Wildman–Crippen LogP) is 2.59. The van der Waals surface area contributed by atoms with Crippen LogP contribution in [-0.4, -0.2) is 48.6 Å². The maximum atomic E-state index is 2.81. The normalized spacial score (nSPS) is 50.1. The zero-order chi connectivity index (χ0) is 12.6. The van der Waals surface area contributed by atoms with Gasteiger partial charge in [0.2, 0.25) is 0 Å². The van der Waals surface area contributed by atoms with Crippen LogP contribution in [0.1, 0.15) is 0 Å². The number of hydrogen-bond acceptors (Lipinski definition) is 0. The molecule has 0 saturated carbocycles. The van der Waals surface area contributed by atoms with Crippen molar-refractivity contribution in [2.45, 2.75) is 58.9 Å². The second kappa shape index (κ2) is 2.42. The van der Waals surface area contributed by atoms with E-state index in [1.165, 1.54) is 0 Å². The summed E-state index contributed by atoms with van der Waals surface area (Å²) in [5.74, 6) is 0. The Hall–Kier alpha value is 1.52. The van der Waals surface area contributed by atoms with Crippen LogP contribution in [0.25, 0.3) is 0 Å². The average Bonchev–Trinajstić information content (AvgIpc) is 2.77. The van der Waals surface area contributed by atoms with Gasteiger partial charge in [-0.05, 0) is 22.8 Å². The molecule has 0 bridgehead atoms. The van der Waals surface area contributed by atoms with E-state index in [1.807, 2.05) is 0 Å². The molecular formula is C9H27Si7-. The third-order valence-corrected chi connectivity index (χ3v) is 272. The van der Waals surface area contributed by atoms with Gasteiger partial charge >= 0.3 is 0 Å². The predicted molar refractivity (Wildman–Crippen MR) is 93.1 cm³/mol. The molecule has 0 aromatic heterocycles. The second-order valence-corrected chi connectivity index (χ2v) is 105. The van der Waals surface area contributed by atoms with Crippen LogP contribution in [0.4, 0.5) is 0 Å². The van der Waals surface area contributed by atoms with E-state index in [9.17, 15) is 0 Å². The van der Waals surface area contributed by atoms with E-state index in [-0.39, 0.29) is 18.4 Å². The summed E-state index contributed by atoms with van der Waals surface area (Å²) >= 11 is 0. The molecule has 0 aliphatic carbocycles. The molecule has 4 aliphatic rings. The van der Waals surface area contributed by atoms with E-state index in [0.717, 1.165) is 0 Å². The minimum atomic E-state index is -0.624. The monoisotopic (exact) mass is 331 g/mol. The molecule has 4 saturated heterocycles. The molecule has 92 valence electrons. The summed E-state index contributed by atoms with van der Waals surface area (Å²) in [6.45, 7) is 25.3. The first-order valence-electron chi connectivity index (χ1n) is 6.75. The molecule has 4 heterocycles. The molecule has 0 aromatic rings. The van der Waals surface area contributed by atoms with Crippen molar-refractivity contribution in [3.63, 3.8) is 0 Å². The summed E-state index contributed by atoms with van der Waals surface area (Å²) in [6, 6.07) is 0. The summed E-state index contributed by atoms with van der Waals surface area (Å²) in [5, 5.41) is 0. The lowest BCUT2D eigenvalue weighted by Gasteiger charge is -2.28. The number of hydrogen-bond donors (Lipinski definition) is 0. The first-order valence-corrected chi connectivity index (χ1v) is 33.8. The van der Waals surface area contributed by atoms with Gasteiger partial charge in [0, 0.05) is 0 Å². The molecule has 4 fully saturated rings. The molecule has 0 spiro atoms. The van der Waals surface area contributed by atoms with Crippen molar-refractivity contribution < 1.29 is 0 Å². The van der Waals surface area contributed by atoms with Gasteiger partial charge in [0.1, 0.15) is 0 Å². The highest BCUT2D eigenvalue weighted by atomic mass is 31.3. The van der Waals surface area contributed by atoms with Crippen molar-refractivity contribution in [2.75, 3.05) is 0 Å². The third-order valence-electron chi connectivity index (χ3n) is 5.94. The van der Waals surface area contributed by atoms with Gasteiger partial charge in [-0.25, -0.2) is 0 Å². The largest absolute Gasteiger partial charge is 0.290 e. The molecule has 0 amide bonds. The molecule has 16 heavy (non-hydrogen) atoms. The maximum absolute atomic E-state index is 2.81. The van der Waals surface area contributed by atoms with Gasteiger partial charge < -0.3 is 0 Å². The van der Waals surface area contributed by atoms with E-state index in [4.69, 9.17) is 0 Å². The molecule has 4 aliphatic heterocycles. The topological polar surface area (TPSA) is 0 Å². The van der Waals surface area contributed by atoms with Crippen molar-refractivity contribution >= 4 is 48.6 Å². The average molecular weight is 332 g/mol. The SMILES string of the molecule is C[Si](C)(C)[Si]12[Si-]3[Si]1([Si](C)(C)C)[Si]32[Si](C)(C)C. The van der Waals surface area contributed by atoms with Crippen molar-refractivity contribution in [1.29, 1.82) is 0 Å². The summed E-state index contributed by atoms with van der Waals surface area (Å²) in [4.78, 5) is 0. The van der Waals surface area contributed by atoms with Gasteiger partial charge in [-0.3, -0.25) is 7.35 Å². The lowest BCUT2D eigenvalue weighted by atomic mass is 11.8. The Morgan fingerprint density at radius 3 is 0.750 bits per heavy atom. The van der Waals surface area contributed by atoms with Crippen molar-refractivity contribution in [2.24, 2.45) is 0 Å². The van der Waals surface area contributed by atoms with Gasteiger partial charge in [0.05, 0.1) is 0 Å². The Balaban J connectivity index is 2.07. The maximum Gasteiger partial charge on any atom is -0.00575 e. The Morgan fingerprint density at radius 2 is 0.688 bits per heavy atom. The fourth-order valence-electron chi connectivity index (χ4n) is 6.09. The fraction of sp³-hybridized carbons (Fsp3) is 1.00. The Kier molecular flexibility index (Phi) is 1.90. The van der Waals surface area contributed by atoms with E-state index >= 15 is 0 Å². The minimum Gasteiger partial charge on any atom is -0.290 e. The Labute approximate surface area is 107 Å². The summed E-state index contributed by atoms with van der Waals surface area (Å²) < 4.78 is 0. The van der Waals surface area contributed by atoms with Gasteiger partial charge in [0.15, 0.2) is 0 Å². The van der Waals surface area contributed by atoms with Gasteiger partial charge in [-0.1, -0.05) is 58.9 Å². The van der Waals surface area contributed by atoms with Crippen LogP contribution < -0.4 is 0 Å². The van der Waals surface area contributed by atoms with Gasteiger partial charge in [0.25, 0.3) is 0 Å². The van der Waals surface area contributed by atoms with Crippen LogP contribution in [0.3, 0.4) is 0 Å². The van der Waals surface area contributed by atoms with Crippen LogP contribution in [0, 0.1) is 0 Å². The van der Waals surface area contributed by atoms with Crippen LogP contribution in [-0.2, 0) is 0 Å². The summed E-state index contributed by atoms with van der Waals surface area (Å²) in [5.41, 5.74) is 0. The summed E-state index contributed by atoms with van der Waals surface area (Å²) in [6.07, 6.45) is -0.865. The van der Waals surface area contributed by atoms with E-state index in [0.29, 0.717) is 7.35 Å². The lowest BCUT2D eigenvalue weighted by molar-refractivity contribution is 1.85. The summed E-state index contributed by atoms with van der Waals surface area (Å²) in [7, 11) is -1.30. The van der Waals surface area contributed by atoms with Crippen molar-refractivity contribution in [1.82, 2.24) is 0 Å². The quantitative estimate of drug-likeness (QED) is 0.697. The highest BCUT2D eigenvalue weighted by Gasteiger charge is 3.15. The molecule has 0 aromatic carbocycles. The van der Waals surface area contributed by atoms with Gasteiger partial charge in [-0.15, -0.1) is 0 Å². The fourth-order valence-corrected chi connectivity index (χ4v) is 721. The van der Waals surface area contributed by atoms with E-state index in [2.05, 4.69) is 58.9 Å². The minimum absolute atomic E-state index is 0.288. The first kappa shape index (κ1) is 12.5. The molecule has 7 heteroatoms. The zero-order valence-electron chi connectivity index (χ0n) is 12.5. The molecule has 0 atom stereocenters.